The van der Waals surface area contributed by atoms with Gasteiger partial charge in [0.2, 0.25) is 5.91 Å². The van der Waals surface area contributed by atoms with Crippen LogP contribution < -0.4 is 5.32 Å². The molecule has 1 aromatic carbocycles. The Hall–Kier alpha value is -2.56. The highest BCUT2D eigenvalue weighted by Crippen LogP contribution is 2.39. The van der Waals surface area contributed by atoms with Crippen LogP contribution in [0, 0.1) is 5.92 Å². The molecule has 5 heteroatoms. The number of H-pyrrole nitrogens is 2. The maximum atomic E-state index is 11.9. The number of aromatic amines is 2. The van der Waals surface area contributed by atoms with Gasteiger partial charge < -0.3 is 10.3 Å². The molecule has 0 fully saturated rings. The maximum absolute atomic E-state index is 11.9. The van der Waals surface area contributed by atoms with Gasteiger partial charge in [-0.15, -0.1) is 0 Å². The first kappa shape index (κ1) is 13.1. The first-order valence-electron chi connectivity index (χ1n) is 7.59. The predicted octanol–water partition coefficient (Wildman–Crippen LogP) is 3.45. The summed E-state index contributed by atoms with van der Waals surface area (Å²) >= 11 is 0. The number of fused-ring (bicyclic) bond motifs is 5. The van der Waals surface area contributed by atoms with Gasteiger partial charge in [0.25, 0.3) is 0 Å². The molecule has 4 rings (SSSR count). The number of carbonyl (C=O) groups is 1. The molecule has 0 saturated carbocycles. The third-order valence-electron chi connectivity index (χ3n) is 4.12. The van der Waals surface area contributed by atoms with Crippen molar-refractivity contribution in [3.8, 4) is 11.4 Å². The van der Waals surface area contributed by atoms with E-state index in [1.54, 1.807) is 0 Å². The number of carbonyl (C=O) groups excluding carboxylic acids is 1. The van der Waals surface area contributed by atoms with Crippen molar-refractivity contribution in [3.05, 3.63) is 35.5 Å². The van der Waals surface area contributed by atoms with E-state index in [0.29, 0.717) is 12.3 Å². The molecule has 1 aliphatic carbocycles. The molecule has 1 aliphatic rings. The molecule has 22 heavy (non-hydrogen) atoms. The summed E-state index contributed by atoms with van der Waals surface area (Å²) in [6, 6.07) is 6.02. The third kappa shape index (κ3) is 2.01. The number of hydrogen-bond donors (Lipinski definition) is 3. The molecule has 3 N–H and O–H groups in total. The Labute approximate surface area is 128 Å². The van der Waals surface area contributed by atoms with Gasteiger partial charge >= 0.3 is 0 Å². The normalized spacial score (nSPS) is 12.7. The number of nitrogens with zero attached hydrogens (tertiary/aromatic N) is 1. The van der Waals surface area contributed by atoms with Crippen LogP contribution in [0.4, 0.5) is 5.69 Å². The predicted molar refractivity (Wildman–Crippen MR) is 86.8 cm³/mol. The molecule has 3 aromatic rings. The summed E-state index contributed by atoms with van der Waals surface area (Å²) in [6.45, 7) is 4.09. The minimum absolute atomic E-state index is 0.0657. The van der Waals surface area contributed by atoms with Crippen molar-refractivity contribution >= 4 is 22.5 Å². The fourth-order valence-electron chi connectivity index (χ4n) is 3.16. The molecule has 1 amide bonds. The molecule has 2 aromatic heterocycles. The van der Waals surface area contributed by atoms with E-state index in [2.05, 4.69) is 26.6 Å². The van der Waals surface area contributed by atoms with Crippen molar-refractivity contribution in [1.29, 1.82) is 0 Å². The molecular formula is C17H18N4O. The van der Waals surface area contributed by atoms with Crippen molar-refractivity contribution in [2.24, 2.45) is 5.92 Å². The molecule has 0 spiro atoms. The van der Waals surface area contributed by atoms with E-state index < -0.39 is 0 Å². The second-order valence-electron chi connectivity index (χ2n) is 6.33. The first-order valence-corrected chi connectivity index (χ1v) is 7.59. The van der Waals surface area contributed by atoms with Gasteiger partial charge in [0.1, 0.15) is 0 Å². The van der Waals surface area contributed by atoms with E-state index in [4.69, 9.17) is 0 Å². The zero-order valence-electron chi connectivity index (χ0n) is 12.7. The number of anilines is 1. The Morgan fingerprint density at radius 2 is 2.23 bits per heavy atom. The summed E-state index contributed by atoms with van der Waals surface area (Å²) in [7, 11) is 0. The molecule has 0 saturated heterocycles. The van der Waals surface area contributed by atoms with Crippen molar-refractivity contribution in [2.45, 2.75) is 26.7 Å². The molecule has 0 unspecified atom stereocenters. The Kier molecular flexibility index (Phi) is 2.82. The largest absolute Gasteiger partial charge is 0.353 e. The fraction of sp³-hybridized carbons (Fsp3) is 0.294. The van der Waals surface area contributed by atoms with E-state index in [-0.39, 0.29) is 5.91 Å². The van der Waals surface area contributed by atoms with E-state index in [9.17, 15) is 4.79 Å². The topological polar surface area (TPSA) is 73.6 Å². The zero-order valence-corrected chi connectivity index (χ0v) is 12.7. The number of amides is 1. The van der Waals surface area contributed by atoms with Crippen LogP contribution in [0.15, 0.2) is 24.4 Å². The van der Waals surface area contributed by atoms with E-state index in [0.717, 1.165) is 29.0 Å². The molecule has 0 aliphatic heterocycles. The monoisotopic (exact) mass is 294 g/mol. The van der Waals surface area contributed by atoms with Gasteiger partial charge in [-0.3, -0.25) is 9.89 Å². The summed E-state index contributed by atoms with van der Waals surface area (Å²) < 4.78 is 0. The van der Waals surface area contributed by atoms with Gasteiger partial charge in [0, 0.05) is 35.0 Å². The average molecular weight is 294 g/mol. The van der Waals surface area contributed by atoms with Gasteiger partial charge in [0.15, 0.2) is 0 Å². The lowest BCUT2D eigenvalue weighted by Crippen LogP contribution is -2.13. The minimum atomic E-state index is 0.0657. The van der Waals surface area contributed by atoms with Crippen LogP contribution in [0.3, 0.4) is 0 Å². The van der Waals surface area contributed by atoms with Crippen LogP contribution >= 0.6 is 0 Å². The summed E-state index contributed by atoms with van der Waals surface area (Å²) in [5, 5.41) is 11.3. The second-order valence-corrected chi connectivity index (χ2v) is 6.33. The summed E-state index contributed by atoms with van der Waals surface area (Å²) in [4.78, 5) is 15.4. The average Bonchev–Trinajstić information content (AvgIpc) is 3.09. The zero-order chi connectivity index (χ0) is 15.3. The fourth-order valence-corrected chi connectivity index (χ4v) is 3.16. The van der Waals surface area contributed by atoms with Gasteiger partial charge in [0.05, 0.1) is 17.6 Å². The quantitative estimate of drug-likeness (QED) is 0.541. The van der Waals surface area contributed by atoms with Crippen LogP contribution in [0.2, 0.25) is 0 Å². The highest BCUT2D eigenvalue weighted by atomic mass is 16.1. The van der Waals surface area contributed by atoms with Crippen molar-refractivity contribution < 1.29 is 4.79 Å². The summed E-state index contributed by atoms with van der Waals surface area (Å²) in [6.07, 6.45) is 3.30. The Bertz CT molecular complexity index is 872. The molecule has 0 radical (unpaired) electrons. The third-order valence-corrected chi connectivity index (χ3v) is 4.12. The summed E-state index contributed by atoms with van der Waals surface area (Å²) in [5.41, 5.74) is 6.64. The maximum Gasteiger partial charge on any atom is 0.224 e. The van der Waals surface area contributed by atoms with Crippen LogP contribution in [0.5, 0.6) is 0 Å². The molecule has 5 nitrogen and oxygen atoms in total. The summed E-state index contributed by atoms with van der Waals surface area (Å²) in [5.74, 6) is 0.425. The van der Waals surface area contributed by atoms with Gasteiger partial charge in [-0.05, 0) is 29.7 Å². The Morgan fingerprint density at radius 3 is 3.05 bits per heavy atom. The smallest absolute Gasteiger partial charge is 0.224 e. The lowest BCUT2D eigenvalue weighted by Gasteiger charge is -2.07. The van der Waals surface area contributed by atoms with E-state index in [1.807, 2.05) is 32.2 Å². The minimum Gasteiger partial charge on any atom is -0.353 e. The lowest BCUT2D eigenvalue weighted by molar-refractivity contribution is -0.116. The number of hydrogen-bond acceptors (Lipinski definition) is 2. The van der Waals surface area contributed by atoms with E-state index >= 15 is 0 Å². The molecule has 0 bridgehead atoms. The van der Waals surface area contributed by atoms with Crippen LogP contribution in [0.1, 0.15) is 31.4 Å². The number of aromatic nitrogens is 3. The number of nitrogens with one attached hydrogen (secondary N) is 3. The van der Waals surface area contributed by atoms with Crippen molar-refractivity contribution in [3.63, 3.8) is 0 Å². The Balaban J connectivity index is 1.69. The van der Waals surface area contributed by atoms with Crippen LogP contribution in [-0.4, -0.2) is 21.1 Å². The highest BCUT2D eigenvalue weighted by molar-refractivity contribution is 5.98. The second kappa shape index (κ2) is 4.73. The SMILES string of the molecule is CC(C)CC(=O)Nc1ccc2[nH]c3c(c2c1)Cc1cn[nH]c1-3. The molecular weight excluding hydrogens is 276 g/mol. The lowest BCUT2D eigenvalue weighted by atomic mass is 10.1. The van der Waals surface area contributed by atoms with Gasteiger partial charge in [-0.2, -0.15) is 5.10 Å². The number of benzene rings is 1. The highest BCUT2D eigenvalue weighted by Gasteiger charge is 2.24. The number of rotatable bonds is 3. The van der Waals surface area contributed by atoms with Crippen LogP contribution in [0.25, 0.3) is 22.3 Å². The Morgan fingerprint density at radius 1 is 1.36 bits per heavy atom. The van der Waals surface area contributed by atoms with Gasteiger partial charge in [-0.1, -0.05) is 13.8 Å². The first-order chi connectivity index (χ1) is 10.6. The molecule has 2 heterocycles. The standard InChI is InChI=1S/C17H18N4O/c1-9(2)5-15(22)19-11-3-4-14-12(7-11)13-6-10-8-18-21-16(10)17(13)20-14/h3-4,7-9,20H,5-6H2,1-2H3,(H,18,21)(H,19,22). The van der Waals surface area contributed by atoms with E-state index in [1.165, 1.54) is 16.5 Å². The molecule has 0 atom stereocenters. The van der Waals surface area contributed by atoms with Crippen molar-refractivity contribution in [1.82, 2.24) is 15.2 Å². The van der Waals surface area contributed by atoms with Gasteiger partial charge in [-0.25, -0.2) is 0 Å². The van der Waals surface area contributed by atoms with Crippen molar-refractivity contribution in [2.75, 3.05) is 5.32 Å². The molecule has 112 valence electrons. The van der Waals surface area contributed by atoms with Crippen LogP contribution in [-0.2, 0) is 11.2 Å².